The highest BCUT2D eigenvalue weighted by atomic mass is 16.6. The Bertz CT molecular complexity index is 406. The standard InChI is InChI=1S/C15H21NO2/c1-10(2)16(11(3)4)15(17)14-13(18-14)12-8-6-5-7-9-12/h5-11,13-14H,1-4H3/t13-,14-/m1/s1. The maximum atomic E-state index is 12.4. The van der Waals surface area contributed by atoms with Crippen molar-refractivity contribution in [3.05, 3.63) is 35.9 Å². The lowest BCUT2D eigenvalue weighted by Gasteiger charge is -2.30. The van der Waals surface area contributed by atoms with Gasteiger partial charge in [-0.2, -0.15) is 0 Å². The van der Waals surface area contributed by atoms with E-state index in [1.54, 1.807) is 0 Å². The van der Waals surface area contributed by atoms with Gasteiger partial charge in [0.15, 0.2) is 6.10 Å². The van der Waals surface area contributed by atoms with Crippen molar-refractivity contribution in [1.29, 1.82) is 0 Å². The summed E-state index contributed by atoms with van der Waals surface area (Å²) in [6.07, 6.45) is -0.351. The van der Waals surface area contributed by atoms with E-state index in [2.05, 4.69) is 0 Å². The largest absolute Gasteiger partial charge is 0.354 e. The summed E-state index contributed by atoms with van der Waals surface area (Å²) in [5.41, 5.74) is 1.09. The van der Waals surface area contributed by atoms with Crippen molar-refractivity contribution in [3.8, 4) is 0 Å². The molecule has 0 saturated carbocycles. The lowest BCUT2D eigenvalue weighted by Crippen LogP contribution is -2.44. The van der Waals surface area contributed by atoms with Gasteiger partial charge in [0, 0.05) is 12.1 Å². The highest BCUT2D eigenvalue weighted by molar-refractivity contribution is 5.84. The van der Waals surface area contributed by atoms with Gasteiger partial charge in [0.05, 0.1) is 0 Å². The molecular weight excluding hydrogens is 226 g/mol. The van der Waals surface area contributed by atoms with Crippen LogP contribution in [0.3, 0.4) is 0 Å². The van der Waals surface area contributed by atoms with Crippen LogP contribution in [0.2, 0.25) is 0 Å². The number of hydrogen-bond acceptors (Lipinski definition) is 2. The fourth-order valence-electron chi connectivity index (χ4n) is 2.45. The van der Waals surface area contributed by atoms with E-state index in [0.717, 1.165) is 5.56 Å². The number of epoxide rings is 1. The summed E-state index contributed by atoms with van der Waals surface area (Å²) in [7, 11) is 0. The van der Waals surface area contributed by atoms with Crippen LogP contribution in [0.25, 0.3) is 0 Å². The van der Waals surface area contributed by atoms with Gasteiger partial charge in [-0.3, -0.25) is 4.79 Å². The Balaban J connectivity index is 2.05. The summed E-state index contributed by atoms with van der Waals surface area (Å²) in [5, 5.41) is 0. The van der Waals surface area contributed by atoms with E-state index in [-0.39, 0.29) is 30.2 Å². The van der Waals surface area contributed by atoms with Crippen LogP contribution in [0.4, 0.5) is 0 Å². The molecule has 0 N–H and O–H groups in total. The quantitative estimate of drug-likeness (QED) is 0.766. The maximum Gasteiger partial charge on any atom is 0.255 e. The van der Waals surface area contributed by atoms with Gasteiger partial charge in [-0.1, -0.05) is 30.3 Å². The van der Waals surface area contributed by atoms with Crippen molar-refractivity contribution < 1.29 is 9.53 Å². The second kappa shape index (κ2) is 5.11. The monoisotopic (exact) mass is 247 g/mol. The van der Waals surface area contributed by atoms with Gasteiger partial charge in [-0.15, -0.1) is 0 Å². The van der Waals surface area contributed by atoms with E-state index in [1.165, 1.54) is 0 Å². The van der Waals surface area contributed by atoms with E-state index >= 15 is 0 Å². The summed E-state index contributed by atoms with van der Waals surface area (Å²) in [6.45, 7) is 8.16. The fourth-order valence-corrected chi connectivity index (χ4v) is 2.45. The third-order valence-corrected chi connectivity index (χ3v) is 3.23. The van der Waals surface area contributed by atoms with Gasteiger partial charge in [-0.05, 0) is 33.3 Å². The first-order valence-electron chi connectivity index (χ1n) is 6.55. The smallest absolute Gasteiger partial charge is 0.255 e. The van der Waals surface area contributed by atoms with Crippen molar-refractivity contribution in [3.63, 3.8) is 0 Å². The minimum Gasteiger partial charge on any atom is -0.354 e. The molecule has 1 saturated heterocycles. The Kier molecular flexibility index (Phi) is 3.71. The van der Waals surface area contributed by atoms with Gasteiger partial charge < -0.3 is 9.64 Å². The average Bonchev–Trinajstić information content (AvgIpc) is 3.09. The first-order valence-corrected chi connectivity index (χ1v) is 6.55. The van der Waals surface area contributed by atoms with Crippen LogP contribution in [0, 0.1) is 0 Å². The molecule has 2 atom stereocenters. The van der Waals surface area contributed by atoms with Crippen LogP contribution in [0.5, 0.6) is 0 Å². The van der Waals surface area contributed by atoms with Crippen molar-refractivity contribution in [1.82, 2.24) is 4.90 Å². The molecule has 1 aromatic carbocycles. The molecule has 3 nitrogen and oxygen atoms in total. The highest BCUT2D eigenvalue weighted by Gasteiger charge is 2.48. The Hall–Kier alpha value is -1.35. The molecule has 0 bridgehead atoms. The predicted octanol–water partition coefficient (Wildman–Crippen LogP) is 2.77. The van der Waals surface area contributed by atoms with Crippen molar-refractivity contribution in [2.24, 2.45) is 0 Å². The van der Waals surface area contributed by atoms with Gasteiger partial charge in [-0.25, -0.2) is 0 Å². The lowest BCUT2D eigenvalue weighted by molar-refractivity contribution is -0.136. The number of amides is 1. The molecule has 1 aliphatic heterocycles. The molecule has 3 heteroatoms. The van der Waals surface area contributed by atoms with Crippen LogP contribution in [0.1, 0.15) is 39.4 Å². The third kappa shape index (κ3) is 2.56. The first-order chi connectivity index (χ1) is 8.52. The highest BCUT2D eigenvalue weighted by Crippen LogP contribution is 2.40. The fraction of sp³-hybridized carbons (Fsp3) is 0.533. The van der Waals surface area contributed by atoms with E-state index in [9.17, 15) is 4.79 Å². The molecule has 18 heavy (non-hydrogen) atoms. The number of carbonyl (C=O) groups is 1. The van der Waals surface area contributed by atoms with Crippen LogP contribution in [0.15, 0.2) is 30.3 Å². The Labute approximate surface area is 109 Å². The predicted molar refractivity (Wildman–Crippen MR) is 71.2 cm³/mol. The molecule has 1 fully saturated rings. The van der Waals surface area contributed by atoms with E-state index in [1.807, 2.05) is 62.9 Å². The second-order valence-electron chi connectivity index (χ2n) is 5.32. The molecular formula is C15H21NO2. The van der Waals surface area contributed by atoms with Gasteiger partial charge in [0.1, 0.15) is 6.10 Å². The van der Waals surface area contributed by atoms with Crippen LogP contribution < -0.4 is 0 Å². The summed E-state index contributed by atoms with van der Waals surface area (Å²) in [5.74, 6) is 0.105. The topological polar surface area (TPSA) is 32.8 Å². The zero-order valence-electron chi connectivity index (χ0n) is 11.5. The number of nitrogens with zero attached hydrogens (tertiary/aromatic N) is 1. The van der Waals surface area contributed by atoms with Crippen molar-refractivity contribution in [2.45, 2.75) is 52.0 Å². The second-order valence-corrected chi connectivity index (χ2v) is 5.32. The summed E-state index contributed by atoms with van der Waals surface area (Å²) >= 11 is 0. The van der Waals surface area contributed by atoms with Gasteiger partial charge in [0.2, 0.25) is 0 Å². The summed E-state index contributed by atoms with van der Waals surface area (Å²) in [4.78, 5) is 14.3. The van der Waals surface area contributed by atoms with Gasteiger partial charge in [0.25, 0.3) is 5.91 Å². The number of carbonyl (C=O) groups excluding carboxylic acids is 1. The van der Waals surface area contributed by atoms with E-state index < -0.39 is 0 Å². The first kappa shape index (κ1) is 13.1. The molecule has 1 aromatic rings. The van der Waals surface area contributed by atoms with Gasteiger partial charge >= 0.3 is 0 Å². The lowest BCUT2D eigenvalue weighted by atomic mass is 10.1. The van der Waals surface area contributed by atoms with Crippen LogP contribution >= 0.6 is 0 Å². The number of rotatable bonds is 4. The molecule has 2 rings (SSSR count). The molecule has 1 amide bonds. The van der Waals surface area contributed by atoms with E-state index in [4.69, 9.17) is 4.74 Å². The minimum atomic E-state index is -0.294. The molecule has 1 aliphatic rings. The Morgan fingerprint density at radius 3 is 2.17 bits per heavy atom. The normalized spacial score (nSPS) is 22.3. The number of benzene rings is 1. The van der Waals surface area contributed by atoms with E-state index in [0.29, 0.717) is 0 Å². The summed E-state index contributed by atoms with van der Waals surface area (Å²) in [6, 6.07) is 10.3. The number of hydrogen-bond donors (Lipinski definition) is 0. The molecule has 0 spiro atoms. The maximum absolute atomic E-state index is 12.4. The average molecular weight is 247 g/mol. The molecule has 0 aromatic heterocycles. The molecule has 1 heterocycles. The molecule has 0 radical (unpaired) electrons. The van der Waals surface area contributed by atoms with Crippen LogP contribution in [-0.4, -0.2) is 29.0 Å². The third-order valence-electron chi connectivity index (χ3n) is 3.23. The van der Waals surface area contributed by atoms with Crippen molar-refractivity contribution >= 4 is 5.91 Å². The molecule has 0 unspecified atom stereocenters. The zero-order valence-corrected chi connectivity index (χ0v) is 11.5. The Morgan fingerprint density at radius 2 is 1.67 bits per heavy atom. The summed E-state index contributed by atoms with van der Waals surface area (Å²) < 4.78 is 5.55. The number of ether oxygens (including phenoxy) is 1. The van der Waals surface area contributed by atoms with Crippen molar-refractivity contribution in [2.75, 3.05) is 0 Å². The Morgan fingerprint density at radius 1 is 1.11 bits per heavy atom. The minimum absolute atomic E-state index is 0.0568. The zero-order chi connectivity index (χ0) is 13.3. The molecule has 98 valence electrons. The molecule has 0 aliphatic carbocycles. The van der Waals surface area contributed by atoms with Crippen LogP contribution in [-0.2, 0) is 9.53 Å². The SMILES string of the molecule is CC(C)N(C(=O)[C@@H]1O[C@@H]1c1ccccc1)C(C)C.